The molecule has 0 aromatic carbocycles. The van der Waals surface area contributed by atoms with E-state index in [0.29, 0.717) is 6.04 Å². The molecular weight excluding hydrogens is 208 g/mol. The number of hydrogen-bond acceptors (Lipinski definition) is 2. The molecular formula is C15H30N2. The summed E-state index contributed by atoms with van der Waals surface area (Å²) < 4.78 is 0. The van der Waals surface area contributed by atoms with Crippen LogP contribution in [0.3, 0.4) is 0 Å². The molecule has 2 nitrogen and oxygen atoms in total. The molecule has 2 aliphatic rings. The van der Waals surface area contributed by atoms with Crippen molar-refractivity contribution in [3.8, 4) is 0 Å². The molecule has 17 heavy (non-hydrogen) atoms. The van der Waals surface area contributed by atoms with Gasteiger partial charge in [0.15, 0.2) is 0 Å². The van der Waals surface area contributed by atoms with E-state index in [0.717, 1.165) is 18.4 Å². The van der Waals surface area contributed by atoms with Gasteiger partial charge in [-0.15, -0.1) is 0 Å². The minimum absolute atomic E-state index is 0.672. The molecule has 0 amide bonds. The third-order valence-electron chi connectivity index (χ3n) is 4.94. The summed E-state index contributed by atoms with van der Waals surface area (Å²) in [4.78, 5) is 2.68. The number of nitrogens with two attached hydrogens (primary N) is 1. The van der Waals surface area contributed by atoms with E-state index < -0.39 is 0 Å². The molecule has 0 aromatic rings. The highest BCUT2D eigenvalue weighted by molar-refractivity contribution is 4.81. The van der Waals surface area contributed by atoms with Crippen molar-refractivity contribution in [2.75, 3.05) is 19.6 Å². The molecule has 2 fully saturated rings. The van der Waals surface area contributed by atoms with E-state index in [9.17, 15) is 0 Å². The molecule has 2 N–H and O–H groups in total. The number of rotatable bonds is 4. The average Bonchev–Trinajstić information content (AvgIpc) is 2.38. The van der Waals surface area contributed by atoms with E-state index in [1.54, 1.807) is 0 Å². The van der Waals surface area contributed by atoms with Gasteiger partial charge < -0.3 is 5.73 Å². The maximum atomic E-state index is 6.01. The molecule has 1 saturated heterocycles. The third-order valence-corrected chi connectivity index (χ3v) is 4.94. The van der Waals surface area contributed by atoms with Crippen LogP contribution in [0.5, 0.6) is 0 Å². The molecule has 1 saturated carbocycles. The van der Waals surface area contributed by atoms with E-state index >= 15 is 0 Å². The van der Waals surface area contributed by atoms with Crippen molar-refractivity contribution < 1.29 is 0 Å². The number of likely N-dealkylation sites (tertiary alicyclic amines) is 1. The Morgan fingerprint density at radius 2 is 1.71 bits per heavy atom. The zero-order valence-electron chi connectivity index (χ0n) is 11.5. The molecule has 0 aromatic heterocycles. The minimum Gasteiger partial charge on any atom is -0.329 e. The fraction of sp³-hybridized carbons (Fsp3) is 1.00. The first-order chi connectivity index (χ1) is 8.29. The lowest BCUT2D eigenvalue weighted by atomic mass is 9.84. The van der Waals surface area contributed by atoms with Gasteiger partial charge in [0.05, 0.1) is 0 Å². The number of nitrogens with zero attached hydrogens (tertiary/aromatic N) is 1. The van der Waals surface area contributed by atoms with Crippen molar-refractivity contribution >= 4 is 0 Å². The fourth-order valence-electron chi connectivity index (χ4n) is 3.60. The quantitative estimate of drug-likeness (QED) is 0.816. The van der Waals surface area contributed by atoms with Gasteiger partial charge in [-0.05, 0) is 44.2 Å². The number of hydrogen-bond donors (Lipinski definition) is 1. The van der Waals surface area contributed by atoms with Gasteiger partial charge in [0.1, 0.15) is 0 Å². The largest absolute Gasteiger partial charge is 0.329 e. The van der Waals surface area contributed by atoms with Crippen LogP contribution < -0.4 is 5.73 Å². The van der Waals surface area contributed by atoms with Gasteiger partial charge in [-0.1, -0.05) is 39.0 Å². The lowest BCUT2D eigenvalue weighted by molar-refractivity contribution is 0.116. The zero-order valence-corrected chi connectivity index (χ0v) is 11.5. The van der Waals surface area contributed by atoms with Crippen LogP contribution in [0, 0.1) is 11.8 Å². The van der Waals surface area contributed by atoms with Crippen LogP contribution in [-0.2, 0) is 0 Å². The Labute approximate surface area is 107 Å². The van der Waals surface area contributed by atoms with Gasteiger partial charge in [0.25, 0.3) is 0 Å². The second-order valence-electron chi connectivity index (χ2n) is 6.35. The molecule has 1 aliphatic carbocycles. The van der Waals surface area contributed by atoms with Crippen molar-refractivity contribution in [3.63, 3.8) is 0 Å². The van der Waals surface area contributed by atoms with Gasteiger partial charge >= 0.3 is 0 Å². The molecule has 1 aliphatic heterocycles. The van der Waals surface area contributed by atoms with E-state index in [2.05, 4.69) is 11.8 Å². The summed E-state index contributed by atoms with van der Waals surface area (Å²) in [6.45, 7) is 5.83. The van der Waals surface area contributed by atoms with Gasteiger partial charge in [0.2, 0.25) is 0 Å². The van der Waals surface area contributed by atoms with E-state index in [1.807, 2.05) is 0 Å². The summed E-state index contributed by atoms with van der Waals surface area (Å²) in [7, 11) is 0. The second-order valence-corrected chi connectivity index (χ2v) is 6.35. The standard InChI is InChI=1S/C15H30N2/c1-13-7-9-17(10-8-13)15(12-16)11-14-5-3-2-4-6-14/h13-15H,2-12,16H2,1H3. The summed E-state index contributed by atoms with van der Waals surface area (Å²) in [6.07, 6.45) is 11.4. The van der Waals surface area contributed by atoms with Crippen molar-refractivity contribution in [1.82, 2.24) is 4.90 Å². The van der Waals surface area contributed by atoms with Gasteiger partial charge in [-0.2, -0.15) is 0 Å². The Morgan fingerprint density at radius 3 is 2.29 bits per heavy atom. The van der Waals surface area contributed by atoms with Crippen LogP contribution in [-0.4, -0.2) is 30.6 Å². The molecule has 2 heteroatoms. The molecule has 100 valence electrons. The number of piperidine rings is 1. The first-order valence-electron chi connectivity index (χ1n) is 7.73. The lowest BCUT2D eigenvalue weighted by Gasteiger charge is -2.38. The van der Waals surface area contributed by atoms with Crippen molar-refractivity contribution in [2.45, 2.75) is 64.3 Å². The summed E-state index contributed by atoms with van der Waals surface area (Å²) in [5, 5.41) is 0. The maximum absolute atomic E-state index is 6.01. The van der Waals surface area contributed by atoms with Gasteiger partial charge in [0, 0.05) is 12.6 Å². The molecule has 0 radical (unpaired) electrons. The summed E-state index contributed by atoms with van der Waals surface area (Å²) >= 11 is 0. The Kier molecular flexibility index (Phi) is 5.30. The van der Waals surface area contributed by atoms with Gasteiger partial charge in [-0.25, -0.2) is 0 Å². The highest BCUT2D eigenvalue weighted by Gasteiger charge is 2.25. The predicted octanol–water partition coefficient (Wildman–Crippen LogP) is 3.02. The summed E-state index contributed by atoms with van der Waals surface area (Å²) in [6, 6.07) is 0.672. The van der Waals surface area contributed by atoms with Crippen LogP contribution >= 0.6 is 0 Å². The Morgan fingerprint density at radius 1 is 1.06 bits per heavy atom. The molecule has 1 heterocycles. The van der Waals surface area contributed by atoms with Crippen LogP contribution in [0.25, 0.3) is 0 Å². The average molecular weight is 238 g/mol. The Hall–Kier alpha value is -0.0800. The Bertz CT molecular complexity index is 203. The van der Waals surface area contributed by atoms with Crippen LogP contribution in [0.2, 0.25) is 0 Å². The Balaban J connectivity index is 1.78. The van der Waals surface area contributed by atoms with Crippen molar-refractivity contribution in [1.29, 1.82) is 0 Å². The van der Waals surface area contributed by atoms with E-state index in [-0.39, 0.29) is 0 Å². The first-order valence-corrected chi connectivity index (χ1v) is 7.73. The highest BCUT2D eigenvalue weighted by atomic mass is 15.2. The predicted molar refractivity (Wildman–Crippen MR) is 74.0 cm³/mol. The third kappa shape index (κ3) is 3.96. The molecule has 0 spiro atoms. The van der Waals surface area contributed by atoms with Gasteiger partial charge in [-0.3, -0.25) is 4.90 Å². The zero-order chi connectivity index (χ0) is 12.1. The molecule has 0 bridgehead atoms. The second kappa shape index (κ2) is 6.75. The normalized spacial score (nSPS) is 27.2. The topological polar surface area (TPSA) is 29.3 Å². The molecule has 1 unspecified atom stereocenters. The minimum atomic E-state index is 0.672. The molecule has 1 atom stereocenters. The summed E-state index contributed by atoms with van der Waals surface area (Å²) in [5.74, 6) is 1.90. The van der Waals surface area contributed by atoms with E-state index in [4.69, 9.17) is 5.73 Å². The highest BCUT2D eigenvalue weighted by Crippen LogP contribution is 2.29. The smallest absolute Gasteiger partial charge is 0.0221 e. The van der Waals surface area contributed by atoms with Crippen LogP contribution in [0.1, 0.15) is 58.3 Å². The van der Waals surface area contributed by atoms with Crippen LogP contribution in [0.15, 0.2) is 0 Å². The SMILES string of the molecule is CC1CCN(C(CN)CC2CCCCC2)CC1. The van der Waals surface area contributed by atoms with Crippen molar-refractivity contribution in [2.24, 2.45) is 17.6 Å². The fourth-order valence-corrected chi connectivity index (χ4v) is 3.60. The van der Waals surface area contributed by atoms with E-state index in [1.165, 1.54) is 64.5 Å². The maximum Gasteiger partial charge on any atom is 0.0221 e. The summed E-state index contributed by atoms with van der Waals surface area (Å²) in [5.41, 5.74) is 6.01. The molecule has 2 rings (SSSR count). The lowest BCUT2D eigenvalue weighted by Crippen LogP contribution is -2.45. The van der Waals surface area contributed by atoms with Crippen molar-refractivity contribution in [3.05, 3.63) is 0 Å². The first kappa shape index (κ1) is 13.4. The monoisotopic (exact) mass is 238 g/mol. The van der Waals surface area contributed by atoms with Crippen LogP contribution in [0.4, 0.5) is 0 Å².